The van der Waals surface area contributed by atoms with Crippen LogP contribution in [0.1, 0.15) is 0 Å². The first-order chi connectivity index (χ1) is 7.09. The Balaban J connectivity index is 2.66. The van der Waals surface area contributed by atoms with Gasteiger partial charge in [-0.05, 0) is 28.1 Å². The van der Waals surface area contributed by atoms with Gasteiger partial charge in [-0.2, -0.15) is 0 Å². The Hall–Kier alpha value is -0.520. The molecular weight excluding hydrogens is 308 g/mol. The van der Waals surface area contributed by atoms with Gasteiger partial charge in [0.2, 0.25) is 0 Å². The molecule has 78 valence electrons. The summed E-state index contributed by atoms with van der Waals surface area (Å²) in [6, 6.07) is 2.30. The number of hydrogen-bond donors (Lipinski definition) is 0. The van der Waals surface area contributed by atoms with Crippen molar-refractivity contribution in [3.8, 4) is 11.3 Å². The summed E-state index contributed by atoms with van der Waals surface area (Å²) in [6.45, 7) is 0. The molecule has 2 aromatic rings. The molecule has 0 fully saturated rings. The third-order valence-electron chi connectivity index (χ3n) is 1.78. The summed E-state index contributed by atoms with van der Waals surface area (Å²) in [6.07, 6.45) is 0. The zero-order valence-electron chi connectivity index (χ0n) is 7.10. The molecule has 0 saturated carbocycles. The van der Waals surface area contributed by atoms with Gasteiger partial charge in [-0.25, -0.2) is 13.8 Å². The Labute approximate surface area is 102 Å². The predicted octanol–water partition coefficient (Wildman–Crippen LogP) is 4.50. The standard InChI is InChI=1S/C9H3BrClF2NS/c10-9-14-6(3-15-9)7-5(12)2-1-4(11)8(7)13/h1-3H. The zero-order valence-corrected chi connectivity index (χ0v) is 10.3. The maximum atomic E-state index is 13.5. The molecule has 2 rings (SSSR count). The van der Waals surface area contributed by atoms with Crippen molar-refractivity contribution >= 4 is 38.9 Å². The van der Waals surface area contributed by atoms with Crippen molar-refractivity contribution in [3.63, 3.8) is 0 Å². The summed E-state index contributed by atoms with van der Waals surface area (Å²) in [4.78, 5) is 3.94. The lowest BCUT2D eigenvalue weighted by molar-refractivity contribution is 0.589. The molecule has 0 amide bonds. The van der Waals surface area contributed by atoms with Crippen molar-refractivity contribution in [1.29, 1.82) is 0 Å². The van der Waals surface area contributed by atoms with Crippen molar-refractivity contribution in [2.24, 2.45) is 0 Å². The van der Waals surface area contributed by atoms with Crippen LogP contribution in [0.15, 0.2) is 21.4 Å². The lowest BCUT2D eigenvalue weighted by atomic mass is 10.1. The maximum Gasteiger partial charge on any atom is 0.159 e. The van der Waals surface area contributed by atoms with Crippen LogP contribution in [-0.2, 0) is 0 Å². The van der Waals surface area contributed by atoms with Crippen molar-refractivity contribution in [2.75, 3.05) is 0 Å². The molecule has 0 atom stereocenters. The molecular formula is C9H3BrClF2NS. The molecule has 1 aromatic carbocycles. The molecule has 6 heteroatoms. The number of halogens is 4. The third-order valence-corrected chi connectivity index (χ3v) is 3.43. The normalized spacial score (nSPS) is 10.7. The smallest absolute Gasteiger partial charge is 0.159 e. The van der Waals surface area contributed by atoms with Gasteiger partial charge in [0.1, 0.15) is 5.82 Å². The predicted molar refractivity (Wildman–Crippen MR) is 60.2 cm³/mol. The lowest BCUT2D eigenvalue weighted by Gasteiger charge is -2.02. The van der Waals surface area contributed by atoms with E-state index in [2.05, 4.69) is 20.9 Å². The largest absolute Gasteiger partial charge is 0.229 e. The molecule has 1 aromatic heterocycles. The first kappa shape index (κ1) is 11.0. The Bertz CT molecular complexity index is 515. The van der Waals surface area contributed by atoms with Gasteiger partial charge in [0.05, 0.1) is 16.3 Å². The molecule has 0 aliphatic carbocycles. The Morgan fingerprint density at radius 1 is 1.33 bits per heavy atom. The number of hydrogen-bond acceptors (Lipinski definition) is 2. The minimum Gasteiger partial charge on any atom is -0.229 e. The second-order valence-electron chi connectivity index (χ2n) is 2.70. The molecule has 1 nitrogen and oxygen atoms in total. The summed E-state index contributed by atoms with van der Waals surface area (Å²) < 4.78 is 27.5. The summed E-state index contributed by atoms with van der Waals surface area (Å²) in [5.74, 6) is -1.45. The number of benzene rings is 1. The number of aromatic nitrogens is 1. The average Bonchev–Trinajstić information content (AvgIpc) is 2.59. The lowest BCUT2D eigenvalue weighted by Crippen LogP contribution is -1.91. The van der Waals surface area contributed by atoms with Gasteiger partial charge < -0.3 is 0 Å². The van der Waals surface area contributed by atoms with Crippen LogP contribution >= 0.6 is 38.9 Å². The quantitative estimate of drug-likeness (QED) is 0.707. The molecule has 0 aliphatic rings. The number of thiazole rings is 1. The fourth-order valence-corrected chi connectivity index (χ4v) is 2.29. The second kappa shape index (κ2) is 4.15. The Kier molecular flexibility index (Phi) is 3.04. The van der Waals surface area contributed by atoms with Crippen LogP contribution in [0.4, 0.5) is 8.78 Å². The van der Waals surface area contributed by atoms with Crippen molar-refractivity contribution in [2.45, 2.75) is 0 Å². The molecule has 0 N–H and O–H groups in total. The summed E-state index contributed by atoms with van der Waals surface area (Å²) in [5, 5.41) is 1.44. The fourth-order valence-electron chi connectivity index (χ4n) is 1.13. The molecule has 0 saturated heterocycles. The zero-order chi connectivity index (χ0) is 11.0. The van der Waals surface area contributed by atoms with E-state index < -0.39 is 11.6 Å². The SMILES string of the molecule is Fc1ccc(Cl)c(F)c1-c1csc(Br)n1. The monoisotopic (exact) mass is 309 g/mol. The molecule has 0 aliphatic heterocycles. The summed E-state index contributed by atoms with van der Waals surface area (Å²) in [7, 11) is 0. The minimum atomic E-state index is -0.783. The van der Waals surface area contributed by atoms with E-state index in [0.29, 0.717) is 3.92 Å². The minimum absolute atomic E-state index is 0.115. The van der Waals surface area contributed by atoms with E-state index in [9.17, 15) is 8.78 Å². The summed E-state index contributed by atoms with van der Waals surface area (Å²) >= 11 is 9.94. The first-order valence-corrected chi connectivity index (χ1v) is 5.89. The van der Waals surface area contributed by atoms with Crippen molar-refractivity contribution in [1.82, 2.24) is 4.98 Å². The number of rotatable bonds is 1. The number of nitrogens with zero attached hydrogens (tertiary/aromatic N) is 1. The van der Waals surface area contributed by atoms with E-state index in [1.165, 1.54) is 17.4 Å². The van der Waals surface area contributed by atoms with E-state index in [1.54, 1.807) is 5.38 Å². The van der Waals surface area contributed by atoms with Gasteiger partial charge in [-0.3, -0.25) is 0 Å². The highest BCUT2D eigenvalue weighted by atomic mass is 79.9. The maximum absolute atomic E-state index is 13.5. The van der Waals surface area contributed by atoms with Crippen LogP contribution in [-0.4, -0.2) is 4.98 Å². The topological polar surface area (TPSA) is 12.9 Å². The van der Waals surface area contributed by atoms with Crippen molar-refractivity contribution < 1.29 is 8.78 Å². The first-order valence-electron chi connectivity index (χ1n) is 3.84. The molecule has 0 radical (unpaired) electrons. The van der Waals surface area contributed by atoms with E-state index in [-0.39, 0.29) is 16.3 Å². The van der Waals surface area contributed by atoms with E-state index in [4.69, 9.17) is 11.6 Å². The van der Waals surface area contributed by atoms with Crippen molar-refractivity contribution in [3.05, 3.63) is 38.1 Å². The molecule has 0 unspecified atom stereocenters. The van der Waals surface area contributed by atoms with Gasteiger partial charge in [-0.1, -0.05) is 11.6 Å². The Morgan fingerprint density at radius 3 is 2.67 bits per heavy atom. The Morgan fingerprint density at radius 2 is 2.07 bits per heavy atom. The highest BCUT2D eigenvalue weighted by Gasteiger charge is 2.16. The molecule has 0 bridgehead atoms. The third kappa shape index (κ3) is 2.04. The highest BCUT2D eigenvalue weighted by molar-refractivity contribution is 9.11. The van der Waals surface area contributed by atoms with Gasteiger partial charge in [0.15, 0.2) is 9.73 Å². The van der Waals surface area contributed by atoms with Crippen LogP contribution in [0.3, 0.4) is 0 Å². The fraction of sp³-hybridized carbons (Fsp3) is 0. The molecule has 0 spiro atoms. The van der Waals surface area contributed by atoms with Crippen LogP contribution in [0, 0.1) is 11.6 Å². The van der Waals surface area contributed by atoms with Gasteiger partial charge in [-0.15, -0.1) is 11.3 Å². The van der Waals surface area contributed by atoms with Gasteiger partial charge in [0, 0.05) is 5.38 Å². The van der Waals surface area contributed by atoms with Gasteiger partial charge >= 0.3 is 0 Å². The van der Waals surface area contributed by atoms with E-state index >= 15 is 0 Å². The second-order valence-corrected chi connectivity index (χ2v) is 5.25. The molecule has 1 heterocycles. The summed E-state index contributed by atoms with van der Waals surface area (Å²) in [5.41, 5.74) is 0.0498. The van der Waals surface area contributed by atoms with Crippen LogP contribution < -0.4 is 0 Å². The average molecular weight is 311 g/mol. The highest BCUT2D eigenvalue weighted by Crippen LogP contribution is 2.32. The van der Waals surface area contributed by atoms with E-state index in [0.717, 1.165) is 6.07 Å². The van der Waals surface area contributed by atoms with Gasteiger partial charge in [0.25, 0.3) is 0 Å². The van der Waals surface area contributed by atoms with Crippen LogP contribution in [0.25, 0.3) is 11.3 Å². The molecule has 15 heavy (non-hydrogen) atoms. The van der Waals surface area contributed by atoms with Crippen LogP contribution in [0.2, 0.25) is 5.02 Å². The van der Waals surface area contributed by atoms with E-state index in [1.807, 2.05) is 0 Å². The van der Waals surface area contributed by atoms with Crippen LogP contribution in [0.5, 0.6) is 0 Å².